The largest absolute Gasteiger partial charge is 0.484 e. The van der Waals surface area contributed by atoms with Crippen LogP contribution in [-0.4, -0.2) is 39.9 Å². The molecule has 0 atom stereocenters. The first kappa shape index (κ1) is 26.5. The van der Waals surface area contributed by atoms with Gasteiger partial charge < -0.3 is 21.1 Å². The molecule has 2 rings (SSSR count). The molecule has 34 heavy (non-hydrogen) atoms. The molecule has 0 bridgehead atoms. The minimum Gasteiger partial charge on any atom is -0.484 e. The molecule has 180 valence electrons. The maximum absolute atomic E-state index is 12.4. The SMILES string of the molecule is N#C/C(=C\c1ccc(OCC(=O)NCCCCCN)cc1)C(=O)Nc1ccc(S(N)(=O)=O)cc1. The minimum absolute atomic E-state index is 0.0937. The van der Waals surface area contributed by atoms with Crippen molar-refractivity contribution in [3.63, 3.8) is 0 Å². The van der Waals surface area contributed by atoms with E-state index in [2.05, 4.69) is 10.6 Å². The summed E-state index contributed by atoms with van der Waals surface area (Å²) in [6, 6.07) is 13.6. The highest BCUT2D eigenvalue weighted by Gasteiger charge is 2.12. The van der Waals surface area contributed by atoms with Crippen LogP contribution in [0.2, 0.25) is 0 Å². The highest BCUT2D eigenvalue weighted by molar-refractivity contribution is 7.89. The zero-order valence-electron chi connectivity index (χ0n) is 18.5. The molecule has 0 aliphatic rings. The van der Waals surface area contributed by atoms with Gasteiger partial charge in [-0.25, -0.2) is 13.6 Å². The van der Waals surface area contributed by atoms with E-state index in [-0.39, 0.29) is 23.0 Å². The van der Waals surface area contributed by atoms with E-state index in [0.29, 0.717) is 30.1 Å². The minimum atomic E-state index is -3.84. The molecule has 0 spiro atoms. The summed E-state index contributed by atoms with van der Waals surface area (Å²) in [6.45, 7) is 1.09. The number of primary sulfonamides is 1. The second-order valence-electron chi connectivity index (χ2n) is 7.25. The zero-order valence-corrected chi connectivity index (χ0v) is 19.3. The van der Waals surface area contributed by atoms with Crippen molar-refractivity contribution in [2.75, 3.05) is 25.0 Å². The summed E-state index contributed by atoms with van der Waals surface area (Å²) in [4.78, 5) is 24.1. The van der Waals surface area contributed by atoms with Crippen LogP contribution in [0.1, 0.15) is 24.8 Å². The summed E-state index contributed by atoms with van der Waals surface area (Å²) in [6.07, 6.45) is 4.14. The highest BCUT2D eigenvalue weighted by Crippen LogP contribution is 2.17. The number of anilines is 1. The van der Waals surface area contributed by atoms with Crippen LogP contribution in [0.15, 0.2) is 59.0 Å². The van der Waals surface area contributed by atoms with Crippen LogP contribution >= 0.6 is 0 Å². The molecule has 0 radical (unpaired) electrons. The lowest BCUT2D eigenvalue weighted by Gasteiger charge is -2.08. The number of carbonyl (C=O) groups excluding carboxylic acids is 2. The van der Waals surface area contributed by atoms with Gasteiger partial charge in [-0.2, -0.15) is 5.26 Å². The Morgan fingerprint density at radius 3 is 2.29 bits per heavy atom. The Hall–Kier alpha value is -3.72. The van der Waals surface area contributed by atoms with Gasteiger partial charge in [0.15, 0.2) is 6.61 Å². The second kappa shape index (κ2) is 13.1. The number of unbranched alkanes of at least 4 members (excludes halogenated alkanes) is 2. The Kier molecular flexibility index (Phi) is 10.2. The Labute approximate surface area is 198 Å². The third-order valence-electron chi connectivity index (χ3n) is 4.57. The van der Waals surface area contributed by atoms with Crippen LogP contribution in [0, 0.1) is 11.3 Å². The molecule has 0 aromatic heterocycles. The van der Waals surface area contributed by atoms with Gasteiger partial charge in [-0.05, 0) is 67.4 Å². The lowest BCUT2D eigenvalue weighted by Crippen LogP contribution is -2.29. The van der Waals surface area contributed by atoms with Crippen molar-refractivity contribution in [1.82, 2.24) is 5.32 Å². The van der Waals surface area contributed by atoms with Crippen LogP contribution in [0.5, 0.6) is 5.75 Å². The number of sulfonamides is 1. The Morgan fingerprint density at radius 1 is 1.03 bits per heavy atom. The van der Waals surface area contributed by atoms with Crippen LogP contribution in [0.3, 0.4) is 0 Å². The number of rotatable bonds is 12. The molecule has 2 amide bonds. The van der Waals surface area contributed by atoms with Gasteiger partial charge in [0.1, 0.15) is 17.4 Å². The summed E-state index contributed by atoms with van der Waals surface area (Å²) >= 11 is 0. The summed E-state index contributed by atoms with van der Waals surface area (Å²) in [5.41, 5.74) is 6.15. The molecular formula is C23H27N5O5S. The third kappa shape index (κ3) is 9.03. The van der Waals surface area contributed by atoms with Crippen molar-refractivity contribution in [2.24, 2.45) is 10.9 Å². The van der Waals surface area contributed by atoms with Gasteiger partial charge in [-0.3, -0.25) is 9.59 Å². The predicted octanol–water partition coefficient (Wildman–Crippen LogP) is 1.50. The number of amides is 2. The number of nitrogens with one attached hydrogen (secondary N) is 2. The van der Waals surface area contributed by atoms with Crippen molar-refractivity contribution in [1.29, 1.82) is 5.26 Å². The zero-order chi connectivity index (χ0) is 25.0. The van der Waals surface area contributed by atoms with Crippen LogP contribution in [-0.2, 0) is 19.6 Å². The van der Waals surface area contributed by atoms with E-state index in [1.54, 1.807) is 24.3 Å². The summed E-state index contributed by atoms with van der Waals surface area (Å²) in [5, 5.41) is 19.7. The fourth-order valence-electron chi connectivity index (χ4n) is 2.78. The lowest BCUT2D eigenvalue weighted by molar-refractivity contribution is -0.123. The molecule has 2 aromatic rings. The Bertz CT molecular complexity index is 1150. The molecule has 10 nitrogen and oxygen atoms in total. The predicted molar refractivity (Wildman–Crippen MR) is 128 cm³/mol. The second-order valence-corrected chi connectivity index (χ2v) is 8.81. The van der Waals surface area contributed by atoms with E-state index < -0.39 is 15.9 Å². The van der Waals surface area contributed by atoms with Crippen LogP contribution in [0.25, 0.3) is 6.08 Å². The topological polar surface area (TPSA) is 177 Å². The Balaban J connectivity index is 1.90. The highest BCUT2D eigenvalue weighted by atomic mass is 32.2. The number of benzene rings is 2. The maximum Gasteiger partial charge on any atom is 0.266 e. The van der Waals surface area contributed by atoms with E-state index in [1.807, 2.05) is 6.07 Å². The van der Waals surface area contributed by atoms with Crippen molar-refractivity contribution >= 4 is 33.6 Å². The van der Waals surface area contributed by atoms with Gasteiger partial charge >= 0.3 is 0 Å². The lowest BCUT2D eigenvalue weighted by atomic mass is 10.1. The quantitative estimate of drug-likeness (QED) is 0.200. The van der Waals surface area contributed by atoms with Crippen molar-refractivity contribution in [3.05, 3.63) is 59.7 Å². The summed E-state index contributed by atoms with van der Waals surface area (Å²) < 4.78 is 28.0. The molecule has 6 N–H and O–H groups in total. The summed E-state index contributed by atoms with van der Waals surface area (Å²) in [7, 11) is -3.84. The fraction of sp³-hybridized carbons (Fsp3) is 0.261. The van der Waals surface area contributed by atoms with Gasteiger partial charge in [0, 0.05) is 12.2 Å². The van der Waals surface area contributed by atoms with Crippen LogP contribution in [0.4, 0.5) is 5.69 Å². The number of hydrogen-bond donors (Lipinski definition) is 4. The standard InChI is InChI=1S/C23H27N5O5S/c24-12-2-1-3-13-27-22(29)16-33-20-8-4-17(5-9-20)14-18(15-25)23(30)28-19-6-10-21(11-7-19)34(26,31)32/h4-11,14H,1-3,12-13,16,24H2,(H,27,29)(H,28,30)(H2,26,31,32)/b18-14+. The fourth-order valence-corrected chi connectivity index (χ4v) is 3.29. The Morgan fingerprint density at radius 2 is 1.71 bits per heavy atom. The third-order valence-corrected chi connectivity index (χ3v) is 5.50. The van der Waals surface area contributed by atoms with Gasteiger partial charge in [-0.1, -0.05) is 18.6 Å². The first-order valence-corrected chi connectivity index (χ1v) is 12.0. The van der Waals surface area contributed by atoms with Gasteiger partial charge in [0.25, 0.3) is 11.8 Å². The number of hydrogen-bond acceptors (Lipinski definition) is 7. The molecule has 0 heterocycles. The first-order chi connectivity index (χ1) is 16.2. The molecule has 2 aromatic carbocycles. The van der Waals surface area contributed by atoms with Crippen molar-refractivity contribution < 1.29 is 22.7 Å². The van der Waals surface area contributed by atoms with E-state index in [9.17, 15) is 23.3 Å². The number of nitrogens with zero attached hydrogens (tertiary/aromatic N) is 1. The average Bonchev–Trinajstić information content (AvgIpc) is 2.81. The van der Waals surface area contributed by atoms with Gasteiger partial charge in [0.2, 0.25) is 10.0 Å². The molecule has 0 saturated heterocycles. The van der Waals surface area contributed by atoms with Gasteiger partial charge in [-0.15, -0.1) is 0 Å². The van der Waals surface area contributed by atoms with E-state index in [0.717, 1.165) is 19.3 Å². The van der Waals surface area contributed by atoms with Crippen molar-refractivity contribution in [3.8, 4) is 11.8 Å². The van der Waals surface area contributed by atoms with E-state index in [1.165, 1.54) is 30.3 Å². The molecule has 0 fully saturated rings. The number of nitriles is 1. The first-order valence-electron chi connectivity index (χ1n) is 10.5. The molecule has 0 aliphatic heterocycles. The molecular weight excluding hydrogens is 458 g/mol. The average molecular weight is 486 g/mol. The molecule has 0 unspecified atom stereocenters. The number of nitrogens with two attached hydrogens (primary N) is 2. The van der Waals surface area contributed by atoms with Gasteiger partial charge in [0.05, 0.1) is 4.90 Å². The van der Waals surface area contributed by atoms with Crippen LogP contribution < -0.4 is 26.2 Å². The monoisotopic (exact) mass is 485 g/mol. The molecule has 0 saturated carbocycles. The van der Waals surface area contributed by atoms with E-state index in [4.69, 9.17) is 15.6 Å². The summed E-state index contributed by atoms with van der Waals surface area (Å²) in [5.74, 6) is -0.417. The maximum atomic E-state index is 12.4. The van der Waals surface area contributed by atoms with E-state index >= 15 is 0 Å². The number of carbonyl (C=O) groups is 2. The van der Waals surface area contributed by atoms with Crippen molar-refractivity contribution in [2.45, 2.75) is 24.2 Å². The smallest absolute Gasteiger partial charge is 0.266 e. The number of ether oxygens (including phenoxy) is 1. The molecule has 11 heteroatoms. The normalized spacial score (nSPS) is 11.4. The molecule has 0 aliphatic carbocycles.